The monoisotopic (exact) mass is 284 g/mol. The zero-order valence-corrected chi connectivity index (χ0v) is 12.5. The van der Waals surface area contributed by atoms with E-state index in [2.05, 4.69) is 5.32 Å². The number of hydrogen-bond acceptors (Lipinski definition) is 3. The van der Waals surface area contributed by atoms with Crippen molar-refractivity contribution in [1.29, 1.82) is 0 Å². The third-order valence-corrected chi connectivity index (χ3v) is 4.80. The van der Waals surface area contributed by atoms with E-state index in [1.54, 1.807) is 11.8 Å². The Balaban J connectivity index is 1.85. The van der Waals surface area contributed by atoms with Crippen LogP contribution in [0.1, 0.15) is 38.5 Å². The Morgan fingerprint density at radius 3 is 2.79 bits per heavy atom. The first-order valence-corrected chi connectivity index (χ1v) is 8.68. The summed E-state index contributed by atoms with van der Waals surface area (Å²) in [6.45, 7) is 1.36. The second-order valence-electron chi connectivity index (χ2n) is 5.50. The number of amides is 2. The molecule has 0 bridgehead atoms. The zero-order chi connectivity index (χ0) is 13.7. The SMILES string of the molecule is CSCCNC(=O)[C@@H]1CCC(=O)N(C2CCCC2)C1. The van der Waals surface area contributed by atoms with Gasteiger partial charge < -0.3 is 10.2 Å². The molecule has 0 aromatic heterocycles. The first-order chi connectivity index (χ1) is 9.22. The number of hydrogen-bond donors (Lipinski definition) is 1. The van der Waals surface area contributed by atoms with Crippen molar-refractivity contribution in [3.05, 3.63) is 0 Å². The van der Waals surface area contributed by atoms with E-state index in [1.807, 2.05) is 11.2 Å². The van der Waals surface area contributed by atoms with Crippen LogP contribution in [0.4, 0.5) is 0 Å². The van der Waals surface area contributed by atoms with Crippen LogP contribution in [0.15, 0.2) is 0 Å². The molecule has 0 radical (unpaired) electrons. The molecule has 19 heavy (non-hydrogen) atoms. The van der Waals surface area contributed by atoms with E-state index >= 15 is 0 Å². The van der Waals surface area contributed by atoms with Crippen molar-refractivity contribution >= 4 is 23.6 Å². The average Bonchev–Trinajstić information content (AvgIpc) is 2.93. The Labute approximate surface area is 119 Å². The van der Waals surface area contributed by atoms with Gasteiger partial charge in [-0.05, 0) is 25.5 Å². The molecular formula is C14H24N2O2S. The van der Waals surface area contributed by atoms with Gasteiger partial charge in [0.15, 0.2) is 0 Å². The molecule has 0 aromatic rings. The molecule has 1 aliphatic heterocycles. The lowest BCUT2D eigenvalue weighted by atomic mass is 9.95. The molecule has 1 N–H and O–H groups in total. The fourth-order valence-electron chi connectivity index (χ4n) is 3.08. The summed E-state index contributed by atoms with van der Waals surface area (Å²) < 4.78 is 0. The van der Waals surface area contributed by atoms with Gasteiger partial charge in [-0.3, -0.25) is 9.59 Å². The molecule has 1 atom stereocenters. The fourth-order valence-corrected chi connectivity index (χ4v) is 3.38. The van der Waals surface area contributed by atoms with Gasteiger partial charge in [-0.25, -0.2) is 0 Å². The number of thioether (sulfide) groups is 1. The van der Waals surface area contributed by atoms with E-state index in [9.17, 15) is 9.59 Å². The van der Waals surface area contributed by atoms with E-state index in [0.717, 1.165) is 25.1 Å². The minimum absolute atomic E-state index is 0.000145. The van der Waals surface area contributed by atoms with Crippen LogP contribution in [0.2, 0.25) is 0 Å². The molecular weight excluding hydrogens is 260 g/mol. The van der Waals surface area contributed by atoms with E-state index in [-0.39, 0.29) is 17.7 Å². The molecule has 2 rings (SSSR count). The largest absolute Gasteiger partial charge is 0.355 e. The summed E-state index contributed by atoms with van der Waals surface area (Å²) in [4.78, 5) is 26.1. The standard InChI is InChI=1S/C14H24N2O2S/c1-19-9-8-15-14(18)11-6-7-13(17)16(10-11)12-4-2-3-5-12/h11-12H,2-10H2,1H3,(H,15,18)/t11-/m1/s1. The summed E-state index contributed by atoms with van der Waals surface area (Å²) >= 11 is 1.73. The Bertz CT molecular complexity index is 329. The van der Waals surface area contributed by atoms with Gasteiger partial charge in [-0.15, -0.1) is 0 Å². The van der Waals surface area contributed by atoms with Crippen LogP contribution in [0.3, 0.4) is 0 Å². The van der Waals surface area contributed by atoms with E-state index < -0.39 is 0 Å². The maximum Gasteiger partial charge on any atom is 0.224 e. The molecule has 0 unspecified atom stereocenters. The lowest BCUT2D eigenvalue weighted by Crippen LogP contribution is -2.49. The van der Waals surface area contributed by atoms with Crippen molar-refractivity contribution < 1.29 is 9.59 Å². The molecule has 2 amide bonds. The van der Waals surface area contributed by atoms with Gasteiger partial charge in [0, 0.05) is 31.3 Å². The van der Waals surface area contributed by atoms with Crippen molar-refractivity contribution in [2.75, 3.05) is 25.1 Å². The maximum absolute atomic E-state index is 12.1. The molecule has 5 heteroatoms. The Morgan fingerprint density at radius 1 is 1.37 bits per heavy atom. The number of nitrogens with one attached hydrogen (secondary N) is 1. The molecule has 1 heterocycles. The van der Waals surface area contributed by atoms with Crippen molar-refractivity contribution in [1.82, 2.24) is 10.2 Å². The molecule has 0 aromatic carbocycles. The van der Waals surface area contributed by atoms with Gasteiger partial charge in [0.25, 0.3) is 0 Å². The van der Waals surface area contributed by atoms with Gasteiger partial charge in [0.05, 0.1) is 5.92 Å². The molecule has 1 aliphatic carbocycles. The third-order valence-electron chi connectivity index (χ3n) is 4.19. The molecule has 2 aliphatic rings. The first-order valence-electron chi connectivity index (χ1n) is 7.28. The van der Waals surface area contributed by atoms with Crippen LogP contribution in [0.25, 0.3) is 0 Å². The lowest BCUT2D eigenvalue weighted by Gasteiger charge is -2.36. The average molecular weight is 284 g/mol. The molecule has 4 nitrogen and oxygen atoms in total. The quantitative estimate of drug-likeness (QED) is 0.781. The minimum atomic E-state index is 0.000145. The Morgan fingerprint density at radius 2 is 2.11 bits per heavy atom. The van der Waals surface area contributed by atoms with Gasteiger partial charge in [0.2, 0.25) is 11.8 Å². The summed E-state index contributed by atoms with van der Waals surface area (Å²) in [5, 5.41) is 2.98. The highest BCUT2D eigenvalue weighted by atomic mass is 32.2. The summed E-state index contributed by atoms with van der Waals surface area (Å²) in [5.41, 5.74) is 0. The number of rotatable bonds is 5. The van der Waals surface area contributed by atoms with Crippen molar-refractivity contribution in [3.63, 3.8) is 0 Å². The number of likely N-dealkylation sites (tertiary alicyclic amines) is 1. The summed E-state index contributed by atoms with van der Waals surface area (Å²) in [6, 6.07) is 0.397. The highest BCUT2D eigenvalue weighted by molar-refractivity contribution is 7.98. The zero-order valence-electron chi connectivity index (χ0n) is 11.7. The van der Waals surface area contributed by atoms with Gasteiger partial charge in [0.1, 0.15) is 0 Å². The van der Waals surface area contributed by atoms with Crippen LogP contribution in [-0.2, 0) is 9.59 Å². The molecule has 1 saturated carbocycles. The summed E-state index contributed by atoms with van der Waals surface area (Å²) in [7, 11) is 0. The number of carbonyl (C=O) groups is 2. The van der Waals surface area contributed by atoms with Gasteiger partial charge in [-0.2, -0.15) is 11.8 Å². The highest BCUT2D eigenvalue weighted by Gasteiger charge is 2.34. The smallest absolute Gasteiger partial charge is 0.224 e. The van der Waals surface area contributed by atoms with Crippen LogP contribution in [-0.4, -0.2) is 47.9 Å². The van der Waals surface area contributed by atoms with Crippen molar-refractivity contribution in [3.8, 4) is 0 Å². The predicted octanol–water partition coefficient (Wildman–Crippen LogP) is 1.65. The van der Waals surface area contributed by atoms with Crippen molar-refractivity contribution in [2.24, 2.45) is 5.92 Å². The Hall–Kier alpha value is -0.710. The second kappa shape index (κ2) is 7.17. The van der Waals surface area contributed by atoms with Crippen LogP contribution >= 0.6 is 11.8 Å². The number of nitrogens with zero attached hydrogens (tertiary/aromatic N) is 1. The van der Waals surface area contributed by atoms with Gasteiger partial charge in [-0.1, -0.05) is 12.8 Å². The molecule has 2 fully saturated rings. The molecule has 108 valence electrons. The first kappa shape index (κ1) is 14.7. The molecule has 0 spiro atoms. The predicted molar refractivity (Wildman–Crippen MR) is 78.1 cm³/mol. The highest BCUT2D eigenvalue weighted by Crippen LogP contribution is 2.28. The van der Waals surface area contributed by atoms with Crippen molar-refractivity contribution in [2.45, 2.75) is 44.6 Å². The van der Waals surface area contributed by atoms with Crippen LogP contribution < -0.4 is 5.32 Å². The fraction of sp³-hybridized carbons (Fsp3) is 0.857. The third kappa shape index (κ3) is 3.88. The summed E-state index contributed by atoms with van der Waals surface area (Å²) in [5.74, 6) is 1.33. The van der Waals surface area contributed by atoms with E-state index in [4.69, 9.17) is 0 Å². The molecule has 1 saturated heterocycles. The minimum Gasteiger partial charge on any atom is -0.355 e. The maximum atomic E-state index is 12.1. The van der Waals surface area contributed by atoms with Crippen LogP contribution in [0, 0.1) is 5.92 Å². The summed E-state index contributed by atoms with van der Waals surface area (Å²) in [6.07, 6.45) is 7.97. The number of carbonyl (C=O) groups excluding carboxylic acids is 2. The van der Waals surface area contributed by atoms with Gasteiger partial charge >= 0.3 is 0 Å². The lowest BCUT2D eigenvalue weighted by molar-refractivity contribution is -0.140. The van der Waals surface area contributed by atoms with E-state index in [1.165, 1.54) is 12.8 Å². The second-order valence-corrected chi connectivity index (χ2v) is 6.49. The number of piperidine rings is 1. The normalized spacial score (nSPS) is 24.8. The topological polar surface area (TPSA) is 49.4 Å². The van der Waals surface area contributed by atoms with E-state index in [0.29, 0.717) is 25.4 Å². The van der Waals surface area contributed by atoms with Crippen LogP contribution in [0.5, 0.6) is 0 Å². The Kier molecular flexibility index (Phi) is 5.55.